The van der Waals surface area contributed by atoms with E-state index >= 15 is 0 Å². The average Bonchev–Trinajstić information content (AvgIpc) is 2.08. The molecular weight excluding hydrogens is 173 g/mol. The summed E-state index contributed by atoms with van der Waals surface area (Å²) in [5, 5.41) is 10.2. The lowest BCUT2D eigenvalue weighted by Gasteiger charge is -1.94. The monoisotopic (exact) mass is 181 g/mol. The third-order valence-corrected chi connectivity index (χ3v) is 1.56. The van der Waals surface area contributed by atoms with Crippen molar-refractivity contribution in [1.29, 1.82) is 0 Å². The Morgan fingerprint density at radius 1 is 1.54 bits per heavy atom. The molecule has 4 heteroatoms. The molecule has 0 aliphatic carbocycles. The van der Waals surface area contributed by atoms with Crippen molar-refractivity contribution in [2.24, 2.45) is 0 Å². The Kier molecular flexibility index (Phi) is 2.74. The van der Waals surface area contributed by atoms with E-state index in [2.05, 4.69) is 0 Å². The fourth-order valence-electron chi connectivity index (χ4n) is 0.870. The van der Waals surface area contributed by atoms with Crippen molar-refractivity contribution in [3.05, 3.63) is 51.5 Å². The van der Waals surface area contributed by atoms with E-state index in [-0.39, 0.29) is 11.3 Å². The highest BCUT2D eigenvalue weighted by Gasteiger charge is 2.04. The van der Waals surface area contributed by atoms with Crippen molar-refractivity contribution in [3.8, 4) is 0 Å². The van der Waals surface area contributed by atoms with Gasteiger partial charge >= 0.3 is 0 Å². The van der Waals surface area contributed by atoms with E-state index in [0.29, 0.717) is 0 Å². The maximum Gasteiger partial charge on any atom is 0.243 e. The van der Waals surface area contributed by atoms with Gasteiger partial charge in [0.1, 0.15) is 5.82 Å². The van der Waals surface area contributed by atoms with Crippen LogP contribution in [0.15, 0.2) is 30.0 Å². The zero-order chi connectivity index (χ0) is 9.84. The minimum absolute atomic E-state index is 0.0786. The minimum atomic E-state index is -0.549. The largest absolute Gasteiger partial charge is 0.259 e. The molecule has 3 nitrogen and oxygen atoms in total. The summed E-state index contributed by atoms with van der Waals surface area (Å²) in [4.78, 5) is 9.68. The van der Waals surface area contributed by atoms with E-state index in [1.165, 1.54) is 31.2 Å². The molecule has 1 rings (SSSR count). The van der Waals surface area contributed by atoms with E-state index in [1.54, 1.807) is 6.07 Å². The Labute approximate surface area is 74.7 Å². The molecule has 0 unspecified atom stereocenters. The van der Waals surface area contributed by atoms with Crippen LogP contribution in [0.25, 0.3) is 6.08 Å². The third kappa shape index (κ3) is 2.37. The molecule has 0 fully saturated rings. The van der Waals surface area contributed by atoms with Gasteiger partial charge in [-0.05, 0) is 6.07 Å². The van der Waals surface area contributed by atoms with Crippen LogP contribution < -0.4 is 0 Å². The molecule has 0 saturated heterocycles. The summed E-state index contributed by atoms with van der Waals surface area (Å²) in [6.07, 6.45) is 1.20. The molecule has 68 valence electrons. The Hall–Kier alpha value is -1.71. The summed E-state index contributed by atoms with van der Waals surface area (Å²) in [6, 6.07) is 5.91. The van der Waals surface area contributed by atoms with Crippen molar-refractivity contribution >= 4 is 6.08 Å². The van der Waals surface area contributed by atoms with E-state index in [0.717, 1.165) is 0 Å². The van der Waals surface area contributed by atoms with E-state index < -0.39 is 10.7 Å². The molecular formula is C9H8FNO2. The Balaban J connectivity index is 3.04. The van der Waals surface area contributed by atoms with Crippen molar-refractivity contribution in [2.75, 3.05) is 0 Å². The molecule has 0 heterocycles. The van der Waals surface area contributed by atoms with Crippen molar-refractivity contribution in [2.45, 2.75) is 6.92 Å². The lowest BCUT2D eigenvalue weighted by atomic mass is 10.2. The molecule has 0 aromatic heterocycles. The average molecular weight is 181 g/mol. The highest BCUT2D eigenvalue weighted by atomic mass is 19.1. The second kappa shape index (κ2) is 3.80. The molecule has 13 heavy (non-hydrogen) atoms. The highest BCUT2D eigenvalue weighted by Crippen LogP contribution is 2.10. The van der Waals surface area contributed by atoms with E-state index in [4.69, 9.17) is 0 Å². The molecule has 0 radical (unpaired) electrons. The molecule has 0 aliphatic heterocycles. The Morgan fingerprint density at radius 2 is 2.15 bits per heavy atom. The summed E-state index contributed by atoms with van der Waals surface area (Å²) in [7, 11) is 0. The molecule has 0 bridgehead atoms. The van der Waals surface area contributed by atoms with Crippen LogP contribution in [0, 0.1) is 15.9 Å². The zero-order valence-electron chi connectivity index (χ0n) is 7.03. The number of nitrogens with zero attached hydrogens (tertiary/aromatic N) is 1. The fraction of sp³-hybridized carbons (Fsp3) is 0.111. The van der Waals surface area contributed by atoms with Gasteiger partial charge < -0.3 is 0 Å². The van der Waals surface area contributed by atoms with Gasteiger partial charge in [-0.15, -0.1) is 0 Å². The molecule has 0 aliphatic rings. The standard InChI is InChI=1S/C9H8FNO2/c1-7(11(12)13)6-8-4-2-3-5-9(8)10/h2-6H,1H3. The summed E-state index contributed by atoms with van der Waals surface area (Å²) >= 11 is 0. The van der Waals surface area contributed by atoms with Crippen LogP contribution >= 0.6 is 0 Å². The van der Waals surface area contributed by atoms with E-state index in [9.17, 15) is 14.5 Å². The summed E-state index contributed by atoms with van der Waals surface area (Å²) < 4.78 is 12.9. The smallest absolute Gasteiger partial charge is 0.243 e. The molecule has 1 aromatic rings. The number of allylic oxidation sites excluding steroid dienone is 1. The predicted octanol–water partition coefficient (Wildman–Crippen LogP) is 2.46. The zero-order valence-corrected chi connectivity index (χ0v) is 7.03. The number of benzene rings is 1. The van der Waals surface area contributed by atoms with Gasteiger partial charge in [-0.2, -0.15) is 0 Å². The normalized spacial score (nSPS) is 11.4. The maximum absolute atomic E-state index is 12.9. The first kappa shape index (κ1) is 9.38. The summed E-state index contributed by atoms with van der Waals surface area (Å²) in [6.45, 7) is 1.33. The van der Waals surface area contributed by atoms with Crippen molar-refractivity contribution in [1.82, 2.24) is 0 Å². The highest BCUT2D eigenvalue weighted by molar-refractivity contribution is 5.50. The fourth-order valence-corrected chi connectivity index (χ4v) is 0.870. The first-order valence-electron chi connectivity index (χ1n) is 3.68. The maximum atomic E-state index is 12.9. The summed E-state index contributed by atoms with van der Waals surface area (Å²) in [5.41, 5.74) is 0.154. The topological polar surface area (TPSA) is 43.1 Å². The lowest BCUT2D eigenvalue weighted by molar-refractivity contribution is -0.422. The third-order valence-electron chi connectivity index (χ3n) is 1.56. The molecule has 1 aromatic carbocycles. The summed E-state index contributed by atoms with van der Waals surface area (Å²) in [5.74, 6) is -0.455. The van der Waals surface area contributed by atoms with Crippen LogP contribution in [0.4, 0.5) is 4.39 Å². The van der Waals surface area contributed by atoms with Crippen LogP contribution in [0.2, 0.25) is 0 Å². The second-order valence-electron chi connectivity index (χ2n) is 2.56. The number of hydrogen-bond donors (Lipinski definition) is 0. The Bertz CT molecular complexity index is 360. The van der Waals surface area contributed by atoms with Crippen LogP contribution in [-0.2, 0) is 0 Å². The Morgan fingerprint density at radius 3 is 2.69 bits per heavy atom. The van der Waals surface area contributed by atoms with Gasteiger partial charge in [-0.25, -0.2) is 4.39 Å². The second-order valence-corrected chi connectivity index (χ2v) is 2.56. The van der Waals surface area contributed by atoms with Crippen molar-refractivity contribution in [3.63, 3.8) is 0 Å². The van der Waals surface area contributed by atoms with Crippen LogP contribution in [0.3, 0.4) is 0 Å². The van der Waals surface area contributed by atoms with Gasteiger partial charge in [-0.1, -0.05) is 18.2 Å². The van der Waals surface area contributed by atoms with E-state index in [1.807, 2.05) is 0 Å². The molecule has 0 saturated carbocycles. The van der Waals surface area contributed by atoms with Crippen molar-refractivity contribution < 1.29 is 9.31 Å². The van der Waals surface area contributed by atoms with Gasteiger partial charge in [0.2, 0.25) is 5.70 Å². The minimum Gasteiger partial charge on any atom is -0.259 e. The lowest BCUT2D eigenvalue weighted by Crippen LogP contribution is -1.93. The molecule has 0 atom stereocenters. The number of hydrogen-bond acceptors (Lipinski definition) is 2. The van der Waals surface area contributed by atoms with Crippen LogP contribution in [0.1, 0.15) is 12.5 Å². The van der Waals surface area contributed by atoms with Gasteiger partial charge in [0.05, 0.1) is 4.92 Å². The quantitative estimate of drug-likeness (QED) is 0.519. The van der Waals surface area contributed by atoms with Gasteiger partial charge in [0.25, 0.3) is 0 Å². The van der Waals surface area contributed by atoms with Gasteiger partial charge in [-0.3, -0.25) is 10.1 Å². The molecule has 0 amide bonds. The molecule has 0 spiro atoms. The van der Waals surface area contributed by atoms with Gasteiger partial charge in [0, 0.05) is 18.6 Å². The first-order valence-corrected chi connectivity index (χ1v) is 3.68. The van der Waals surface area contributed by atoms with Gasteiger partial charge in [0.15, 0.2) is 0 Å². The SMILES string of the molecule is CC(=Cc1ccccc1F)[N+](=O)[O-]. The predicted molar refractivity (Wildman–Crippen MR) is 47.0 cm³/mol. The first-order chi connectivity index (χ1) is 6.11. The number of rotatable bonds is 2. The molecule has 0 N–H and O–H groups in total. The number of nitro groups is 1. The number of halogens is 1. The van der Waals surface area contributed by atoms with Crippen LogP contribution in [0.5, 0.6) is 0 Å². The van der Waals surface area contributed by atoms with Crippen LogP contribution in [-0.4, -0.2) is 4.92 Å².